The summed E-state index contributed by atoms with van der Waals surface area (Å²) in [4.78, 5) is 1.36. The van der Waals surface area contributed by atoms with E-state index in [1.54, 1.807) is 0 Å². The van der Waals surface area contributed by atoms with Crippen molar-refractivity contribution in [1.29, 1.82) is 0 Å². The fourth-order valence-corrected chi connectivity index (χ4v) is 5.12. The number of hydrogen-bond acceptors (Lipinski definition) is 2. The predicted octanol–water partition coefficient (Wildman–Crippen LogP) is 5.28. The molecule has 0 N–H and O–H groups in total. The Kier molecular flexibility index (Phi) is 4.64. The number of benzene rings is 2. The van der Waals surface area contributed by atoms with Crippen LogP contribution in [0.5, 0.6) is 0 Å². The summed E-state index contributed by atoms with van der Waals surface area (Å²) >= 11 is 1.85. The van der Waals surface area contributed by atoms with Gasteiger partial charge in [-0.1, -0.05) is 47.7 Å². The monoisotopic (exact) mass is 356 g/mol. The molecule has 2 nitrogen and oxygen atoms in total. The molecular formula is C20H26NOSSi+. The number of aromatic nitrogens is 1. The predicted molar refractivity (Wildman–Crippen MR) is 105 cm³/mol. The third-order valence-electron chi connectivity index (χ3n) is 4.37. The highest BCUT2D eigenvalue weighted by molar-refractivity contribution is 7.11. The molecule has 1 unspecified atom stereocenters. The highest BCUT2D eigenvalue weighted by atomic mass is 32.1. The maximum absolute atomic E-state index is 6.64. The first kappa shape index (κ1) is 17.3. The Hall–Kier alpha value is -1.49. The van der Waals surface area contributed by atoms with Gasteiger partial charge in [-0.25, -0.2) is 0 Å². The van der Waals surface area contributed by atoms with Crippen molar-refractivity contribution in [1.82, 2.24) is 0 Å². The first-order valence-electron chi connectivity index (χ1n) is 8.39. The van der Waals surface area contributed by atoms with Crippen LogP contribution in [0.25, 0.3) is 10.8 Å². The van der Waals surface area contributed by atoms with Gasteiger partial charge in [0.25, 0.3) is 5.01 Å². The van der Waals surface area contributed by atoms with Crippen LogP contribution in [0.15, 0.2) is 42.5 Å². The second-order valence-electron chi connectivity index (χ2n) is 7.36. The van der Waals surface area contributed by atoms with Gasteiger partial charge in [0.1, 0.15) is 7.05 Å². The van der Waals surface area contributed by atoms with Crippen LogP contribution in [-0.2, 0) is 11.5 Å². The molecule has 0 bridgehead atoms. The second-order valence-corrected chi connectivity index (χ2v) is 13.1. The van der Waals surface area contributed by atoms with Crippen molar-refractivity contribution in [2.45, 2.75) is 39.6 Å². The smallest absolute Gasteiger partial charge is 0.270 e. The lowest BCUT2D eigenvalue weighted by Gasteiger charge is -2.24. The van der Waals surface area contributed by atoms with Gasteiger partial charge in [-0.2, -0.15) is 4.57 Å². The second kappa shape index (κ2) is 6.43. The van der Waals surface area contributed by atoms with Crippen LogP contribution >= 0.6 is 11.3 Å². The molecule has 126 valence electrons. The lowest BCUT2D eigenvalue weighted by atomic mass is 10.0. The third kappa shape index (κ3) is 3.46. The van der Waals surface area contributed by atoms with Crippen LogP contribution in [0.3, 0.4) is 0 Å². The van der Waals surface area contributed by atoms with Crippen LogP contribution in [0.4, 0.5) is 0 Å². The van der Waals surface area contributed by atoms with Crippen molar-refractivity contribution >= 4 is 30.4 Å². The summed E-state index contributed by atoms with van der Waals surface area (Å²) in [6, 6.07) is 15.2. The van der Waals surface area contributed by atoms with E-state index in [0.29, 0.717) is 0 Å². The minimum absolute atomic E-state index is 0.00340. The summed E-state index contributed by atoms with van der Waals surface area (Å²) in [5, 5.41) is 3.82. The molecule has 0 saturated carbocycles. The van der Waals surface area contributed by atoms with E-state index in [1.165, 1.54) is 31.9 Å². The molecule has 1 atom stereocenters. The maximum Gasteiger partial charge on any atom is 0.270 e. The number of nitrogens with zero attached hydrogens (tertiary/aromatic N) is 1. The molecule has 0 saturated heterocycles. The maximum atomic E-state index is 6.64. The number of thiazole rings is 1. The van der Waals surface area contributed by atoms with Crippen molar-refractivity contribution in [3.8, 4) is 0 Å². The van der Waals surface area contributed by atoms with Gasteiger partial charge in [0.05, 0.1) is 4.88 Å². The fourth-order valence-electron chi connectivity index (χ4n) is 2.92. The molecule has 3 aromatic rings. The Labute approximate surface area is 149 Å². The SMILES string of the molecule is Cc1sc(C(O[Si](C)(C)C)c2ccc3ccccc3c2)[n+](C)c1C. The van der Waals surface area contributed by atoms with E-state index in [2.05, 4.69) is 87.6 Å². The lowest BCUT2D eigenvalue weighted by Crippen LogP contribution is -2.38. The van der Waals surface area contributed by atoms with Gasteiger partial charge in [-0.15, -0.1) is 0 Å². The number of aryl methyl sites for hydroxylation is 1. The summed E-state index contributed by atoms with van der Waals surface area (Å²) in [5.41, 5.74) is 2.56. The van der Waals surface area contributed by atoms with Crippen LogP contribution in [0.1, 0.15) is 27.2 Å². The molecule has 0 fully saturated rings. The highest BCUT2D eigenvalue weighted by Gasteiger charge is 2.32. The van der Waals surface area contributed by atoms with Crippen molar-refractivity contribution in [2.24, 2.45) is 7.05 Å². The Morgan fingerprint density at radius 1 is 1.00 bits per heavy atom. The van der Waals surface area contributed by atoms with E-state index >= 15 is 0 Å². The van der Waals surface area contributed by atoms with E-state index in [-0.39, 0.29) is 6.10 Å². The normalized spacial score (nSPS) is 13.4. The molecule has 0 aliphatic rings. The Balaban J connectivity index is 2.14. The Morgan fingerprint density at radius 3 is 2.25 bits per heavy atom. The number of rotatable bonds is 4. The van der Waals surface area contributed by atoms with Crippen LogP contribution in [0, 0.1) is 13.8 Å². The average Bonchev–Trinajstić information content (AvgIpc) is 2.79. The molecule has 1 aromatic heterocycles. The van der Waals surface area contributed by atoms with E-state index < -0.39 is 8.32 Å². The van der Waals surface area contributed by atoms with Gasteiger partial charge in [0.15, 0.2) is 20.1 Å². The molecule has 3 rings (SSSR count). The summed E-state index contributed by atoms with van der Waals surface area (Å²) in [7, 11) is 0.458. The molecule has 0 spiro atoms. The van der Waals surface area contributed by atoms with Crippen LogP contribution < -0.4 is 4.57 Å². The van der Waals surface area contributed by atoms with Crippen molar-refractivity contribution in [3.63, 3.8) is 0 Å². The minimum Gasteiger partial charge on any atom is -0.401 e. The number of fused-ring (bicyclic) bond motifs is 1. The molecule has 0 radical (unpaired) electrons. The fraction of sp³-hybridized carbons (Fsp3) is 0.350. The van der Waals surface area contributed by atoms with Gasteiger partial charge >= 0.3 is 0 Å². The van der Waals surface area contributed by atoms with Gasteiger partial charge in [0.2, 0.25) is 0 Å². The van der Waals surface area contributed by atoms with Crippen molar-refractivity contribution in [3.05, 3.63) is 63.6 Å². The molecule has 4 heteroatoms. The van der Waals surface area contributed by atoms with Gasteiger partial charge < -0.3 is 4.43 Å². The van der Waals surface area contributed by atoms with Crippen molar-refractivity contribution < 1.29 is 8.99 Å². The largest absolute Gasteiger partial charge is 0.401 e. The zero-order valence-electron chi connectivity index (χ0n) is 15.4. The molecule has 0 amide bonds. The molecule has 0 aliphatic carbocycles. The minimum atomic E-state index is -1.69. The first-order valence-corrected chi connectivity index (χ1v) is 12.6. The van der Waals surface area contributed by atoms with Crippen molar-refractivity contribution in [2.75, 3.05) is 0 Å². The van der Waals surface area contributed by atoms with Gasteiger partial charge in [0, 0.05) is 6.92 Å². The van der Waals surface area contributed by atoms with E-state index in [0.717, 1.165) is 0 Å². The van der Waals surface area contributed by atoms with E-state index in [4.69, 9.17) is 4.43 Å². The zero-order valence-corrected chi connectivity index (χ0v) is 17.2. The number of hydrogen-bond donors (Lipinski definition) is 0. The van der Waals surface area contributed by atoms with Crippen LogP contribution in [-0.4, -0.2) is 8.32 Å². The van der Waals surface area contributed by atoms with Gasteiger partial charge in [-0.05, 0) is 49.0 Å². The summed E-state index contributed by atoms with van der Waals surface area (Å²) < 4.78 is 8.93. The molecule has 24 heavy (non-hydrogen) atoms. The highest BCUT2D eigenvalue weighted by Crippen LogP contribution is 2.33. The van der Waals surface area contributed by atoms with Gasteiger partial charge in [-0.3, -0.25) is 0 Å². The summed E-state index contributed by atoms with van der Waals surface area (Å²) in [6.07, 6.45) is 0.00340. The summed E-state index contributed by atoms with van der Waals surface area (Å²) in [6.45, 7) is 11.1. The molecule has 0 aliphatic heterocycles. The zero-order chi connectivity index (χ0) is 17.5. The molecule has 1 heterocycles. The standard InChI is InChI=1S/C20H26NOSSi/c1-14-15(2)23-20(21(14)3)19(22-24(4,5)6)18-12-11-16-9-7-8-10-17(16)13-18/h7-13,19H,1-6H3/q+1. The Morgan fingerprint density at radius 2 is 1.67 bits per heavy atom. The average molecular weight is 357 g/mol. The third-order valence-corrected chi connectivity index (χ3v) is 6.61. The lowest BCUT2D eigenvalue weighted by molar-refractivity contribution is -0.682. The Bertz CT molecular complexity index is 879. The van der Waals surface area contributed by atoms with E-state index in [9.17, 15) is 0 Å². The molecule has 2 aromatic carbocycles. The first-order chi connectivity index (χ1) is 11.3. The summed E-state index contributed by atoms with van der Waals surface area (Å²) in [5.74, 6) is 0. The van der Waals surface area contributed by atoms with Crippen LogP contribution in [0.2, 0.25) is 19.6 Å². The topological polar surface area (TPSA) is 13.1 Å². The molecular weight excluding hydrogens is 330 g/mol. The van der Waals surface area contributed by atoms with E-state index in [1.807, 2.05) is 11.3 Å². The quantitative estimate of drug-likeness (QED) is 0.458.